The van der Waals surface area contributed by atoms with Gasteiger partial charge in [-0.2, -0.15) is 0 Å². The summed E-state index contributed by atoms with van der Waals surface area (Å²) < 4.78 is 0. The Hall–Kier alpha value is -1.10. The predicted molar refractivity (Wildman–Crippen MR) is 66.4 cm³/mol. The Balaban J connectivity index is 4.28. The van der Waals surface area contributed by atoms with E-state index in [-0.39, 0.29) is 24.5 Å². The van der Waals surface area contributed by atoms with E-state index in [2.05, 4.69) is 10.6 Å². The van der Waals surface area contributed by atoms with E-state index in [1.165, 1.54) is 0 Å². The smallest absolute Gasteiger partial charge is 0.242 e. The zero-order valence-electron chi connectivity index (χ0n) is 11.3. The Morgan fingerprint density at radius 3 is 2.12 bits per heavy atom. The van der Waals surface area contributed by atoms with Crippen molar-refractivity contribution in [2.45, 2.75) is 53.1 Å². The Kier molecular flexibility index (Phi) is 6.16. The monoisotopic (exact) mass is 244 g/mol. The second-order valence-electron chi connectivity index (χ2n) is 5.24. The maximum Gasteiger partial charge on any atom is 0.242 e. The molecular weight excluding hydrogens is 220 g/mol. The lowest BCUT2D eigenvalue weighted by Gasteiger charge is -2.23. The molecule has 0 saturated carbocycles. The van der Waals surface area contributed by atoms with Gasteiger partial charge in [0.05, 0.1) is 12.6 Å². The Bertz CT molecular complexity index is 267. The van der Waals surface area contributed by atoms with E-state index in [0.717, 1.165) is 0 Å². The minimum absolute atomic E-state index is 0.0951. The molecule has 0 aliphatic heterocycles. The van der Waals surface area contributed by atoms with Gasteiger partial charge in [0.1, 0.15) is 6.04 Å². The molecule has 0 aromatic heterocycles. The van der Waals surface area contributed by atoms with E-state index in [9.17, 15) is 9.59 Å². The molecule has 0 heterocycles. The number of carbonyl (C=O) groups is 2. The van der Waals surface area contributed by atoms with Crippen LogP contribution in [0.3, 0.4) is 0 Å². The van der Waals surface area contributed by atoms with Gasteiger partial charge >= 0.3 is 0 Å². The summed E-state index contributed by atoms with van der Waals surface area (Å²) in [4.78, 5) is 23.4. The molecule has 0 fully saturated rings. The fraction of sp³-hybridized carbons (Fsp3) is 0.833. The van der Waals surface area contributed by atoms with Crippen LogP contribution in [0.15, 0.2) is 0 Å². The number of aliphatic hydroxyl groups excluding tert-OH is 1. The molecule has 0 spiro atoms. The molecular formula is C12H24N2O3. The zero-order valence-corrected chi connectivity index (χ0v) is 11.3. The molecule has 0 aromatic rings. The van der Waals surface area contributed by atoms with E-state index in [0.29, 0.717) is 6.42 Å². The first-order chi connectivity index (χ1) is 7.72. The zero-order chi connectivity index (χ0) is 13.6. The van der Waals surface area contributed by atoms with Crippen LogP contribution in [0.5, 0.6) is 0 Å². The molecule has 0 aromatic carbocycles. The van der Waals surface area contributed by atoms with Gasteiger partial charge in [0, 0.05) is 5.41 Å². The third kappa shape index (κ3) is 5.68. The maximum atomic E-state index is 11.7. The highest BCUT2D eigenvalue weighted by molar-refractivity contribution is 5.89. The first-order valence-corrected chi connectivity index (χ1v) is 5.94. The van der Waals surface area contributed by atoms with Crippen LogP contribution < -0.4 is 10.6 Å². The number of rotatable bonds is 5. The van der Waals surface area contributed by atoms with Crippen LogP contribution in [0.2, 0.25) is 0 Å². The number of nitrogens with one attached hydrogen (secondary N) is 2. The molecule has 0 aliphatic rings. The predicted octanol–water partition coefficient (Wildman–Crippen LogP) is 0.424. The highest BCUT2D eigenvalue weighted by Crippen LogP contribution is 2.12. The van der Waals surface area contributed by atoms with Crippen molar-refractivity contribution in [2.75, 3.05) is 6.61 Å². The third-order valence-electron chi connectivity index (χ3n) is 2.48. The van der Waals surface area contributed by atoms with Gasteiger partial charge in [-0.1, -0.05) is 27.7 Å². The molecule has 0 rings (SSSR count). The van der Waals surface area contributed by atoms with Crippen molar-refractivity contribution in [3.63, 3.8) is 0 Å². The molecule has 5 heteroatoms. The number of carbonyl (C=O) groups excluding carboxylic acids is 2. The van der Waals surface area contributed by atoms with Crippen LogP contribution in [-0.4, -0.2) is 35.6 Å². The van der Waals surface area contributed by atoms with Gasteiger partial charge in [0.25, 0.3) is 0 Å². The van der Waals surface area contributed by atoms with Crippen molar-refractivity contribution in [3.8, 4) is 0 Å². The number of aliphatic hydroxyl groups is 1. The van der Waals surface area contributed by atoms with Crippen LogP contribution in [0.1, 0.15) is 41.0 Å². The summed E-state index contributed by atoms with van der Waals surface area (Å²) in [5.41, 5.74) is -0.518. The Morgan fingerprint density at radius 1 is 1.24 bits per heavy atom. The van der Waals surface area contributed by atoms with Crippen molar-refractivity contribution in [2.24, 2.45) is 5.41 Å². The van der Waals surface area contributed by atoms with Crippen LogP contribution >= 0.6 is 0 Å². The minimum atomic E-state index is -0.595. The highest BCUT2D eigenvalue weighted by Gasteiger charge is 2.25. The largest absolute Gasteiger partial charge is 0.394 e. The first-order valence-electron chi connectivity index (χ1n) is 5.94. The Labute approximate surface area is 103 Å². The average Bonchev–Trinajstić information content (AvgIpc) is 2.23. The third-order valence-corrected chi connectivity index (χ3v) is 2.48. The molecule has 2 amide bonds. The standard InChI is InChI=1S/C12H24N2O3/c1-6-9(7-15)14-10(16)8(2)13-11(17)12(3,4)5/h8-9,15H,6-7H2,1-5H3,(H,13,17)(H,14,16)/t8?,9-/m1/s1. The van der Waals surface area contributed by atoms with Crippen molar-refractivity contribution >= 4 is 11.8 Å². The molecule has 0 aliphatic carbocycles. The van der Waals surface area contributed by atoms with Gasteiger partial charge in [-0.05, 0) is 13.3 Å². The molecule has 0 radical (unpaired) electrons. The minimum Gasteiger partial charge on any atom is -0.394 e. The van der Waals surface area contributed by atoms with Gasteiger partial charge in [0.2, 0.25) is 11.8 Å². The fourth-order valence-corrected chi connectivity index (χ4v) is 1.08. The summed E-state index contributed by atoms with van der Waals surface area (Å²) in [5.74, 6) is -0.444. The number of hydrogen-bond donors (Lipinski definition) is 3. The van der Waals surface area contributed by atoms with E-state index in [1.807, 2.05) is 6.92 Å². The van der Waals surface area contributed by atoms with Crippen LogP contribution in [0, 0.1) is 5.41 Å². The van der Waals surface area contributed by atoms with E-state index in [1.54, 1.807) is 27.7 Å². The summed E-state index contributed by atoms with van der Waals surface area (Å²) in [7, 11) is 0. The number of hydrogen-bond acceptors (Lipinski definition) is 3. The van der Waals surface area contributed by atoms with E-state index >= 15 is 0 Å². The summed E-state index contributed by atoms with van der Waals surface area (Å²) in [6, 6.07) is -0.848. The van der Waals surface area contributed by atoms with Crippen LogP contribution in [0.25, 0.3) is 0 Å². The molecule has 3 N–H and O–H groups in total. The van der Waals surface area contributed by atoms with Gasteiger partial charge in [-0.3, -0.25) is 9.59 Å². The summed E-state index contributed by atoms with van der Waals surface area (Å²) in [6.07, 6.45) is 0.655. The SMILES string of the molecule is CC[C@H](CO)NC(=O)C(C)NC(=O)C(C)(C)C. The van der Waals surface area contributed by atoms with Crippen LogP contribution in [-0.2, 0) is 9.59 Å². The van der Waals surface area contributed by atoms with Crippen molar-refractivity contribution in [1.29, 1.82) is 0 Å². The molecule has 1 unspecified atom stereocenters. The molecule has 0 bridgehead atoms. The van der Waals surface area contributed by atoms with E-state index < -0.39 is 11.5 Å². The first kappa shape index (κ1) is 15.9. The highest BCUT2D eigenvalue weighted by atomic mass is 16.3. The van der Waals surface area contributed by atoms with Crippen molar-refractivity contribution < 1.29 is 14.7 Å². The van der Waals surface area contributed by atoms with Gasteiger partial charge in [-0.15, -0.1) is 0 Å². The molecule has 0 saturated heterocycles. The molecule has 5 nitrogen and oxygen atoms in total. The number of amides is 2. The van der Waals surface area contributed by atoms with E-state index in [4.69, 9.17) is 5.11 Å². The normalized spacial score (nSPS) is 14.9. The summed E-state index contributed by atoms with van der Waals surface area (Å²) in [6.45, 7) is 8.77. The fourth-order valence-electron chi connectivity index (χ4n) is 1.08. The van der Waals surface area contributed by atoms with Crippen molar-refractivity contribution in [1.82, 2.24) is 10.6 Å². The quantitative estimate of drug-likeness (QED) is 0.656. The second kappa shape index (κ2) is 6.59. The van der Waals surface area contributed by atoms with Gasteiger partial charge in [0.15, 0.2) is 0 Å². The van der Waals surface area contributed by atoms with Gasteiger partial charge < -0.3 is 15.7 Å². The molecule has 100 valence electrons. The summed E-state index contributed by atoms with van der Waals surface area (Å²) >= 11 is 0. The lowest BCUT2D eigenvalue weighted by Crippen LogP contribution is -2.51. The maximum absolute atomic E-state index is 11.7. The Morgan fingerprint density at radius 2 is 1.76 bits per heavy atom. The topological polar surface area (TPSA) is 78.4 Å². The van der Waals surface area contributed by atoms with Gasteiger partial charge in [-0.25, -0.2) is 0 Å². The lowest BCUT2D eigenvalue weighted by atomic mass is 9.95. The molecule has 2 atom stereocenters. The second-order valence-corrected chi connectivity index (χ2v) is 5.24. The van der Waals surface area contributed by atoms with Crippen LogP contribution in [0.4, 0.5) is 0 Å². The lowest BCUT2D eigenvalue weighted by molar-refractivity contribution is -0.133. The summed E-state index contributed by atoms with van der Waals surface area (Å²) in [5, 5.41) is 14.3. The average molecular weight is 244 g/mol. The molecule has 17 heavy (non-hydrogen) atoms. The van der Waals surface area contributed by atoms with Crippen molar-refractivity contribution in [3.05, 3.63) is 0 Å².